The lowest BCUT2D eigenvalue weighted by atomic mass is 9.93. The molecule has 0 spiro atoms. The van der Waals surface area contributed by atoms with Gasteiger partial charge in [0, 0.05) is 0 Å². The summed E-state index contributed by atoms with van der Waals surface area (Å²) in [7, 11) is 0. The molecule has 0 unspecified atom stereocenters. The van der Waals surface area contributed by atoms with Crippen molar-refractivity contribution in [2.45, 2.75) is 59.8 Å². The first-order chi connectivity index (χ1) is 14.0. The fourth-order valence-electron chi connectivity index (χ4n) is 3.81. The molecule has 0 saturated carbocycles. The first kappa shape index (κ1) is 20.4. The van der Waals surface area contributed by atoms with E-state index in [9.17, 15) is 0 Å². The van der Waals surface area contributed by atoms with Gasteiger partial charge < -0.3 is 0 Å². The Hall–Kier alpha value is -3.38. The summed E-state index contributed by atoms with van der Waals surface area (Å²) in [6, 6.07) is 6.66. The van der Waals surface area contributed by atoms with Crippen molar-refractivity contribution < 1.29 is 9.13 Å². The van der Waals surface area contributed by atoms with Gasteiger partial charge in [-0.15, -0.1) is 0 Å². The molecular weight excluding hydrogens is 360 g/mol. The molecule has 3 rings (SSSR count). The highest BCUT2D eigenvalue weighted by Gasteiger charge is 2.16. The maximum absolute atomic E-state index is 8.78. The van der Waals surface area contributed by atoms with E-state index in [4.69, 9.17) is 10.5 Å². The van der Waals surface area contributed by atoms with Crippen LogP contribution in [0.4, 0.5) is 0 Å². The predicted molar refractivity (Wildman–Crippen MR) is 109 cm³/mol. The quantitative estimate of drug-likeness (QED) is 0.557. The van der Waals surface area contributed by atoms with Crippen LogP contribution < -0.4 is 9.13 Å². The van der Waals surface area contributed by atoms with E-state index in [0.29, 0.717) is 12.8 Å². The van der Waals surface area contributed by atoms with Gasteiger partial charge in [-0.25, -0.2) is 18.3 Å². The Kier molecular flexibility index (Phi) is 6.46. The fourth-order valence-corrected chi connectivity index (χ4v) is 3.81. The van der Waals surface area contributed by atoms with Gasteiger partial charge in [-0.2, -0.15) is 10.5 Å². The van der Waals surface area contributed by atoms with Crippen molar-refractivity contribution in [2.75, 3.05) is 0 Å². The molecule has 0 aliphatic rings. The highest BCUT2D eigenvalue weighted by atomic mass is 15.1. The van der Waals surface area contributed by atoms with E-state index < -0.39 is 0 Å². The molecule has 3 aromatic rings. The van der Waals surface area contributed by atoms with Crippen LogP contribution in [0.25, 0.3) is 0 Å². The molecule has 6 heteroatoms. The average molecular weight is 389 g/mol. The van der Waals surface area contributed by atoms with E-state index in [0.717, 1.165) is 26.2 Å². The van der Waals surface area contributed by atoms with Gasteiger partial charge in [-0.05, 0) is 48.6 Å². The van der Waals surface area contributed by atoms with Crippen LogP contribution in [0.3, 0.4) is 0 Å². The lowest BCUT2D eigenvalue weighted by molar-refractivity contribution is -0.689. The zero-order valence-corrected chi connectivity index (χ0v) is 17.5. The molecule has 0 atom stereocenters. The molecule has 1 aromatic carbocycles. The monoisotopic (exact) mass is 388 g/mol. The van der Waals surface area contributed by atoms with Crippen LogP contribution in [0.2, 0.25) is 0 Å². The Balaban J connectivity index is 1.82. The average Bonchev–Trinajstić information content (AvgIpc) is 3.34. The Morgan fingerprint density at radius 3 is 1.66 bits per heavy atom. The normalized spacial score (nSPS) is 10.7. The minimum Gasteiger partial charge on any atom is -0.236 e. The second-order valence-corrected chi connectivity index (χ2v) is 7.56. The minimum atomic E-state index is 0.520. The molecular formula is C23H28N6+2. The SMILES string of the molecule is Cc1cc(C)c(C[n+]2ccn(CCC#N)c2)c(C)c1C[n+]1ccn(CCC#N)c1. The zero-order valence-electron chi connectivity index (χ0n) is 17.5. The third-order valence-electron chi connectivity index (χ3n) is 5.43. The number of aromatic nitrogens is 4. The maximum atomic E-state index is 8.78. The minimum absolute atomic E-state index is 0.520. The van der Waals surface area contributed by atoms with Crippen LogP contribution in [0.5, 0.6) is 0 Å². The third-order valence-corrected chi connectivity index (χ3v) is 5.43. The van der Waals surface area contributed by atoms with Crippen molar-refractivity contribution in [2.24, 2.45) is 0 Å². The number of nitriles is 2. The number of nitrogens with zero attached hydrogens (tertiary/aromatic N) is 6. The zero-order chi connectivity index (χ0) is 20.8. The topological polar surface area (TPSA) is 65.2 Å². The Bertz CT molecular complexity index is 991. The number of hydrogen-bond acceptors (Lipinski definition) is 2. The lowest BCUT2D eigenvalue weighted by Crippen LogP contribution is -2.35. The van der Waals surface area contributed by atoms with Gasteiger partial charge in [0.05, 0.1) is 25.0 Å². The van der Waals surface area contributed by atoms with Gasteiger partial charge in [-0.1, -0.05) is 6.07 Å². The molecule has 2 aromatic heterocycles. The number of hydrogen-bond donors (Lipinski definition) is 0. The van der Waals surface area contributed by atoms with Crippen LogP contribution in [0.1, 0.15) is 40.7 Å². The Morgan fingerprint density at radius 1 is 0.793 bits per heavy atom. The molecule has 0 N–H and O–H groups in total. The van der Waals surface area contributed by atoms with Crippen molar-refractivity contribution >= 4 is 0 Å². The van der Waals surface area contributed by atoms with Crippen LogP contribution in [0, 0.1) is 43.4 Å². The summed E-state index contributed by atoms with van der Waals surface area (Å²) in [5.41, 5.74) is 6.63. The van der Waals surface area contributed by atoms with Crippen LogP contribution in [-0.2, 0) is 26.2 Å². The van der Waals surface area contributed by atoms with Gasteiger partial charge in [0.25, 0.3) is 0 Å². The molecule has 0 aliphatic heterocycles. The highest BCUT2D eigenvalue weighted by molar-refractivity contribution is 5.44. The van der Waals surface area contributed by atoms with Gasteiger partial charge >= 0.3 is 0 Å². The molecule has 0 amide bonds. The third kappa shape index (κ3) is 4.92. The number of aryl methyl sites for hydroxylation is 4. The molecule has 0 aliphatic carbocycles. The summed E-state index contributed by atoms with van der Waals surface area (Å²) in [5.74, 6) is 0. The van der Waals surface area contributed by atoms with Gasteiger partial charge in [0.2, 0.25) is 12.7 Å². The molecule has 2 heterocycles. The van der Waals surface area contributed by atoms with E-state index in [1.54, 1.807) is 0 Å². The Morgan fingerprint density at radius 2 is 1.24 bits per heavy atom. The molecule has 0 fully saturated rings. The summed E-state index contributed by atoms with van der Waals surface area (Å²) in [4.78, 5) is 0. The maximum Gasteiger partial charge on any atom is 0.244 e. The summed E-state index contributed by atoms with van der Waals surface area (Å²) in [5, 5.41) is 17.6. The molecule has 0 radical (unpaired) electrons. The van der Waals surface area contributed by atoms with Crippen LogP contribution in [0.15, 0.2) is 43.5 Å². The molecule has 0 saturated heterocycles. The fraction of sp³-hybridized carbons (Fsp3) is 0.391. The smallest absolute Gasteiger partial charge is 0.236 e. The molecule has 148 valence electrons. The van der Waals surface area contributed by atoms with E-state index in [2.05, 4.69) is 82.3 Å². The second-order valence-electron chi connectivity index (χ2n) is 7.56. The number of imidazole rings is 2. The number of rotatable bonds is 8. The van der Waals surface area contributed by atoms with Crippen molar-refractivity contribution in [3.63, 3.8) is 0 Å². The van der Waals surface area contributed by atoms with Gasteiger partial charge in [-0.3, -0.25) is 0 Å². The van der Waals surface area contributed by atoms with E-state index in [1.165, 1.54) is 27.8 Å². The largest absolute Gasteiger partial charge is 0.244 e. The van der Waals surface area contributed by atoms with Crippen molar-refractivity contribution in [3.05, 3.63) is 71.3 Å². The standard InChI is InChI=1S/C23H28N6/c1-19-14-20(2)23(16-29-13-11-27(18-29)9-5-7-25)21(3)22(19)15-28-12-10-26(17-28)8-4-6-24/h10-14,17-18H,4-5,8-9,15-16H2,1-3H3/q+2. The highest BCUT2D eigenvalue weighted by Crippen LogP contribution is 2.22. The van der Waals surface area contributed by atoms with E-state index in [-0.39, 0.29) is 0 Å². The molecule has 29 heavy (non-hydrogen) atoms. The van der Waals surface area contributed by atoms with Crippen molar-refractivity contribution in [3.8, 4) is 12.1 Å². The summed E-state index contributed by atoms with van der Waals surface area (Å²) >= 11 is 0. The van der Waals surface area contributed by atoms with Gasteiger partial charge in [0.1, 0.15) is 51.0 Å². The molecule has 0 bridgehead atoms. The van der Waals surface area contributed by atoms with Crippen LogP contribution in [-0.4, -0.2) is 9.13 Å². The molecule has 6 nitrogen and oxygen atoms in total. The van der Waals surface area contributed by atoms with Crippen molar-refractivity contribution in [1.29, 1.82) is 10.5 Å². The van der Waals surface area contributed by atoms with Crippen molar-refractivity contribution in [1.82, 2.24) is 9.13 Å². The van der Waals surface area contributed by atoms with E-state index in [1.807, 2.05) is 12.4 Å². The summed E-state index contributed by atoms with van der Waals surface area (Å²) in [6.07, 6.45) is 13.4. The first-order valence-electron chi connectivity index (χ1n) is 9.94. The Labute approximate surface area is 172 Å². The first-order valence-corrected chi connectivity index (χ1v) is 9.94. The predicted octanol–water partition coefficient (Wildman–Crippen LogP) is 2.71. The summed E-state index contributed by atoms with van der Waals surface area (Å²) < 4.78 is 8.47. The number of benzene rings is 1. The van der Waals surface area contributed by atoms with Crippen LogP contribution >= 0.6 is 0 Å². The second kappa shape index (κ2) is 9.21. The van der Waals surface area contributed by atoms with E-state index >= 15 is 0 Å². The lowest BCUT2D eigenvalue weighted by Gasteiger charge is -2.15. The summed E-state index contributed by atoms with van der Waals surface area (Å²) in [6.45, 7) is 9.65. The van der Waals surface area contributed by atoms with Gasteiger partial charge in [0.15, 0.2) is 0 Å².